The van der Waals surface area contributed by atoms with Gasteiger partial charge in [0.25, 0.3) is 0 Å². The molecule has 0 spiro atoms. The maximum Gasteiger partial charge on any atom is 0.446 e. The second-order valence-electron chi connectivity index (χ2n) is 4.99. The number of rotatable bonds is 4. The zero-order valence-corrected chi connectivity index (χ0v) is 16.5. The summed E-state index contributed by atoms with van der Waals surface area (Å²) in [5.74, 6) is 1.18. The molecule has 0 radical (unpaired) electrons. The molecule has 0 amide bonds. The van der Waals surface area contributed by atoms with E-state index < -0.39 is 5.51 Å². The van der Waals surface area contributed by atoms with Gasteiger partial charge in [0.05, 0.1) is 0 Å². The van der Waals surface area contributed by atoms with Crippen molar-refractivity contribution >= 4 is 34.6 Å². The number of oxazole rings is 1. The number of halogens is 3. The predicted octanol–water partition coefficient (Wildman–Crippen LogP) is 6.95. The lowest BCUT2D eigenvalue weighted by Gasteiger charge is -2.04. The number of aromatic nitrogens is 2. The Labute approximate surface area is 158 Å². The maximum absolute atomic E-state index is 12.5. The lowest BCUT2D eigenvalue weighted by molar-refractivity contribution is -0.0328. The summed E-state index contributed by atoms with van der Waals surface area (Å²) >= 11 is 1.45. The van der Waals surface area contributed by atoms with Crippen LogP contribution in [0.5, 0.6) is 0 Å². The Morgan fingerprint density at radius 2 is 1.88 bits per heavy atom. The Bertz CT molecular complexity index is 878. The largest absolute Gasteiger partial charge is 0.446 e. The zero-order valence-electron chi connectivity index (χ0n) is 14.8. The van der Waals surface area contributed by atoms with Crippen LogP contribution in [0.15, 0.2) is 44.7 Å². The van der Waals surface area contributed by atoms with Crippen molar-refractivity contribution in [3.05, 3.63) is 36.0 Å². The van der Waals surface area contributed by atoms with E-state index in [0.29, 0.717) is 22.7 Å². The van der Waals surface area contributed by atoms with Crippen LogP contribution in [0.3, 0.4) is 0 Å². The third-order valence-electron chi connectivity index (χ3n) is 3.08. The molecule has 0 unspecified atom stereocenters. The minimum atomic E-state index is -4.33. The molecule has 26 heavy (non-hydrogen) atoms. The van der Waals surface area contributed by atoms with Gasteiger partial charge in [-0.2, -0.15) is 13.2 Å². The molecule has 0 aliphatic heterocycles. The highest BCUT2D eigenvalue weighted by molar-refractivity contribution is 8.00. The SMILES string of the molecule is CC.CCSc1cc(C)cnc1-c1nc2cc(SC(F)(F)F)ccc2o1. The minimum absolute atomic E-state index is 0.0786. The number of nitrogens with zero attached hydrogens (tertiary/aromatic N) is 2. The van der Waals surface area contributed by atoms with Crippen molar-refractivity contribution in [1.29, 1.82) is 0 Å². The van der Waals surface area contributed by atoms with Gasteiger partial charge in [-0.05, 0) is 54.3 Å². The van der Waals surface area contributed by atoms with Crippen LogP contribution in [0.2, 0.25) is 0 Å². The maximum atomic E-state index is 12.5. The number of aryl methyl sites for hydroxylation is 1. The molecule has 2 aromatic heterocycles. The summed E-state index contributed by atoms with van der Waals surface area (Å²) in [6, 6.07) is 6.25. The second-order valence-corrected chi connectivity index (χ2v) is 7.43. The van der Waals surface area contributed by atoms with Crippen LogP contribution in [0.1, 0.15) is 26.3 Å². The van der Waals surface area contributed by atoms with Crippen molar-refractivity contribution in [3.8, 4) is 11.6 Å². The van der Waals surface area contributed by atoms with Crippen LogP contribution in [0.4, 0.5) is 13.2 Å². The average Bonchev–Trinajstić information content (AvgIpc) is 2.98. The third kappa shape index (κ3) is 5.17. The van der Waals surface area contributed by atoms with Crippen LogP contribution in [0.25, 0.3) is 22.7 Å². The van der Waals surface area contributed by atoms with Gasteiger partial charge in [0, 0.05) is 16.0 Å². The topological polar surface area (TPSA) is 38.9 Å². The van der Waals surface area contributed by atoms with Gasteiger partial charge >= 0.3 is 5.51 Å². The average molecular weight is 400 g/mol. The summed E-state index contributed by atoms with van der Waals surface area (Å²) in [7, 11) is 0. The normalized spacial score (nSPS) is 11.3. The highest BCUT2D eigenvalue weighted by atomic mass is 32.2. The molecule has 0 atom stereocenters. The Kier molecular flexibility index (Phi) is 7.00. The molecule has 0 saturated carbocycles. The number of pyridine rings is 1. The summed E-state index contributed by atoms with van der Waals surface area (Å²) in [6.45, 7) is 7.98. The van der Waals surface area contributed by atoms with Crippen LogP contribution in [-0.2, 0) is 0 Å². The number of thioether (sulfide) groups is 2. The van der Waals surface area contributed by atoms with E-state index in [1.165, 1.54) is 18.2 Å². The summed E-state index contributed by atoms with van der Waals surface area (Å²) in [6.07, 6.45) is 1.72. The molecule has 0 fully saturated rings. The van der Waals surface area contributed by atoms with Gasteiger partial charge in [-0.1, -0.05) is 20.8 Å². The number of benzene rings is 1. The van der Waals surface area contributed by atoms with Crippen molar-refractivity contribution in [2.45, 2.75) is 43.0 Å². The van der Waals surface area contributed by atoms with Crippen LogP contribution in [-0.4, -0.2) is 21.2 Å². The highest BCUT2D eigenvalue weighted by Crippen LogP contribution is 2.38. The molecular formula is C18H19F3N2OS2. The van der Waals surface area contributed by atoms with Gasteiger partial charge in [-0.3, -0.25) is 0 Å². The fourth-order valence-corrected chi connectivity index (χ4v) is 3.61. The van der Waals surface area contributed by atoms with Gasteiger partial charge in [-0.25, -0.2) is 9.97 Å². The number of hydrogen-bond donors (Lipinski definition) is 0. The molecule has 3 nitrogen and oxygen atoms in total. The Hall–Kier alpha value is -1.67. The van der Waals surface area contributed by atoms with Crippen LogP contribution < -0.4 is 0 Å². The molecule has 0 saturated heterocycles. The van der Waals surface area contributed by atoms with Crippen LogP contribution >= 0.6 is 23.5 Å². The first-order valence-corrected chi connectivity index (χ1v) is 9.92. The lowest BCUT2D eigenvalue weighted by Crippen LogP contribution is -1.98. The van der Waals surface area contributed by atoms with Gasteiger partial charge in [0.2, 0.25) is 5.89 Å². The quantitative estimate of drug-likeness (QED) is 0.443. The smallest absolute Gasteiger partial charge is 0.435 e. The highest BCUT2D eigenvalue weighted by Gasteiger charge is 2.29. The lowest BCUT2D eigenvalue weighted by atomic mass is 10.3. The molecule has 0 bridgehead atoms. The molecule has 0 N–H and O–H groups in total. The molecule has 140 valence electrons. The molecule has 1 aromatic carbocycles. The number of fused-ring (bicyclic) bond motifs is 1. The number of hydrogen-bond acceptors (Lipinski definition) is 5. The van der Waals surface area contributed by atoms with Crippen LogP contribution in [0, 0.1) is 6.92 Å². The predicted molar refractivity (Wildman–Crippen MR) is 102 cm³/mol. The Morgan fingerprint density at radius 3 is 2.54 bits per heavy atom. The van der Waals surface area contributed by atoms with E-state index in [0.717, 1.165) is 16.2 Å². The monoisotopic (exact) mass is 400 g/mol. The van der Waals surface area contributed by atoms with Crippen molar-refractivity contribution in [3.63, 3.8) is 0 Å². The number of alkyl halides is 3. The van der Waals surface area contributed by atoms with Crippen molar-refractivity contribution in [2.75, 3.05) is 5.75 Å². The van der Waals surface area contributed by atoms with E-state index >= 15 is 0 Å². The summed E-state index contributed by atoms with van der Waals surface area (Å²) in [4.78, 5) is 9.72. The van der Waals surface area contributed by atoms with Crippen molar-refractivity contribution in [1.82, 2.24) is 9.97 Å². The van der Waals surface area contributed by atoms with Gasteiger partial charge < -0.3 is 4.42 Å². The zero-order chi connectivity index (χ0) is 19.3. The van der Waals surface area contributed by atoms with Crippen molar-refractivity contribution in [2.24, 2.45) is 0 Å². The fraction of sp³-hybridized carbons (Fsp3) is 0.333. The van der Waals surface area contributed by atoms with E-state index in [4.69, 9.17) is 4.42 Å². The molecule has 3 rings (SSSR count). The Balaban J connectivity index is 0.00000117. The first-order chi connectivity index (χ1) is 12.4. The standard InChI is InChI=1S/C16H13F3N2OS2.C2H6/c1-3-23-13-6-9(2)8-20-14(13)15-21-11-7-10(24-16(17,18)19)4-5-12(11)22-15;1-2/h4-8H,3H2,1-2H3;1-2H3. The molecule has 8 heteroatoms. The summed E-state index contributed by atoms with van der Waals surface area (Å²) in [5, 5.41) is 0. The molecule has 0 aliphatic rings. The molecule has 3 aromatic rings. The van der Waals surface area contributed by atoms with E-state index in [1.807, 2.05) is 33.8 Å². The minimum Gasteiger partial charge on any atom is -0.435 e. The van der Waals surface area contributed by atoms with E-state index in [1.54, 1.807) is 18.0 Å². The van der Waals surface area contributed by atoms with E-state index in [2.05, 4.69) is 9.97 Å². The van der Waals surface area contributed by atoms with E-state index in [-0.39, 0.29) is 16.7 Å². The first kappa shape index (κ1) is 20.6. The van der Waals surface area contributed by atoms with E-state index in [9.17, 15) is 13.2 Å². The van der Waals surface area contributed by atoms with Gasteiger partial charge in [0.15, 0.2) is 5.58 Å². The summed E-state index contributed by atoms with van der Waals surface area (Å²) in [5.41, 5.74) is -1.88. The van der Waals surface area contributed by atoms with Crippen molar-refractivity contribution < 1.29 is 17.6 Å². The van der Waals surface area contributed by atoms with Gasteiger partial charge in [-0.15, -0.1) is 11.8 Å². The third-order valence-corrected chi connectivity index (χ3v) is 4.72. The second kappa shape index (κ2) is 8.81. The molecule has 0 aliphatic carbocycles. The Morgan fingerprint density at radius 1 is 1.15 bits per heavy atom. The van der Waals surface area contributed by atoms with Gasteiger partial charge in [0.1, 0.15) is 11.2 Å². The first-order valence-electron chi connectivity index (χ1n) is 8.12. The summed E-state index contributed by atoms with van der Waals surface area (Å²) < 4.78 is 43.2. The fourth-order valence-electron chi connectivity index (χ4n) is 2.17. The molecular weight excluding hydrogens is 381 g/mol. The molecule has 2 heterocycles.